The van der Waals surface area contributed by atoms with Crippen molar-refractivity contribution in [1.82, 2.24) is 0 Å². The molecule has 1 N–H and O–H groups in total. The van der Waals surface area contributed by atoms with Crippen LogP contribution in [0.3, 0.4) is 0 Å². The van der Waals surface area contributed by atoms with Gasteiger partial charge < -0.3 is 5.32 Å². The van der Waals surface area contributed by atoms with Crippen LogP contribution in [0.1, 0.15) is 53.6 Å². The molecule has 0 fully saturated rings. The largest absolute Gasteiger partial charge is 0.312 e. The van der Waals surface area contributed by atoms with Crippen LogP contribution in [-0.4, -0.2) is 5.91 Å². The Balaban J connectivity index is 1.67. The van der Waals surface area contributed by atoms with Crippen molar-refractivity contribution in [3.63, 3.8) is 0 Å². The molecule has 3 nitrogen and oxygen atoms in total. The van der Waals surface area contributed by atoms with Gasteiger partial charge in [0.15, 0.2) is 0 Å². The van der Waals surface area contributed by atoms with Crippen molar-refractivity contribution >= 4 is 33.0 Å². The molecule has 0 saturated heterocycles. The number of benzene rings is 2. The Hall–Kier alpha value is -2.64. The minimum atomic E-state index is -0.153. The number of amides is 1. The molecular weight excluding hydrogens is 364 g/mol. The van der Waals surface area contributed by atoms with Gasteiger partial charge in [0.05, 0.1) is 5.56 Å². The lowest BCUT2D eigenvalue weighted by molar-refractivity contribution is 0.102. The lowest BCUT2D eigenvalue weighted by atomic mass is 9.72. The highest BCUT2D eigenvalue weighted by Crippen LogP contribution is 2.44. The van der Waals surface area contributed by atoms with E-state index in [-0.39, 0.29) is 11.3 Å². The van der Waals surface area contributed by atoms with Crippen LogP contribution >= 0.6 is 11.3 Å². The van der Waals surface area contributed by atoms with Crippen molar-refractivity contribution in [2.75, 3.05) is 5.32 Å². The highest BCUT2D eigenvalue weighted by molar-refractivity contribution is 7.16. The molecule has 0 spiro atoms. The molecule has 0 saturated carbocycles. The maximum atomic E-state index is 13.0. The monoisotopic (exact) mass is 388 g/mol. The van der Waals surface area contributed by atoms with E-state index in [0.29, 0.717) is 22.0 Å². The van der Waals surface area contributed by atoms with E-state index in [1.807, 2.05) is 42.5 Å². The number of thiophene rings is 1. The molecule has 4 heteroatoms. The zero-order valence-electron chi connectivity index (χ0n) is 16.5. The molecule has 1 atom stereocenters. The van der Waals surface area contributed by atoms with Crippen LogP contribution in [0, 0.1) is 22.7 Å². The lowest BCUT2D eigenvalue weighted by Gasteiger charge is -2.33. The Morgan fingerprint density at radius 2 is 1.93 bits per heavy atom. The van der Waals surface area contributed by atoms with Gasteiger partial charge in [-0.05, 0) is 53.0 Å². The molecule has 2 aromatic carbocycles. The average molecular weight is 389 g/mol. The first-order valence-electron chi connectivity index (χ1n) is 9.72. The number of fused-ring (bicyclic) bond motifs is 2. The molecule has 4 rings (SSSR count). The van der Waals surface area contributed by atoms with Crippen LogP contribution < -0.4 is 5.32 Å². The van der Waals surface area contributed by atoms with E-state index in [0.717, 1.165) is 35.6 Å². The zero-order valence-corrected chi connectivity index (χ0v) is 17.3. The second-order valence-corrected chi connectivity index (χ2v) is 9.71. The van der Waals surface area contributed by atoms with E-state index in [9.17, 15) is 10.1 Å². The fraction of sp³-hybridized carbons (Fsp3) is 0.333. The molecule has 1 heterocycles. The predicted molar refractivity (Wildman–Crippen MR) is 116 cm³/mol. The van der Waals surface area contributed by atoms with Crippen molar-refractivity contribution in [3.8, 4) is 6.07 Å². The summed E-state index contributed by atoms with van der Waals surface area (Å²) in [5.41, 5.74) is 2.68. The second-order valence-electron chi connectivity index (χ2n) is 8.61. The minimum Gasteiger partial charge on any atom is -0.312 e. The van der Waals surface area contributed by atoms with Gasteiger partial charge in [-0.25, -0.2) is 0 Å². The number of hydrogen-bond donors (Lipinski definition) is 1. The summed E-state index contributed by atoms with van der Waals surface area (Å²) in [6.45, 7) is 6.85. The van der Waals surface area contributed by atoms with Gasteiger partial charge in [-0.1, -0.05) is 57.2 Å². The summed E-state index contributed by atoms with van der Waals surface area (Å²) in [7, 11) is 0. The first kappa shape index (κ1) is 18.7. The number of hydrogen-bond acceptors (Lipinski definition) is 3. The van der Waals surface area contributed by atoms with Crippen LogP contribution in [-0.2, 0) is 12.8 Å². The number of anilines is 1. The highest BCUT2D eigenvalue weighted by atomic mass is 32.1. The summed E-state index contributed by atoms with van der Waals surface area (Å²) >= 11 is 1.58. The first-order chi connectivity index (χ1) is 13.4. The van der Waals surface area contributed by atoms with Crippen molar-refractivity contribution < 1.29 is 4.79 Å². The van der Waals surface area contributed by atoms with Gasteiger partial charge in [0.25, 0.3) is 5.91 Å². The second kappa shape index (κ2) is 7.07. The van der Waals surface area contributed by atoms with E-state index < -0.39 is 0 Å². The quantitative estimate of drug-likeness (QED) is 0.570. The molecule has 1 amide bonds. The molecule has 0 bridgehead atoms. The maximum absolute atomic E-state index is 13.0. The number of nitriles is 1. The van der Waals surface area contributed by atoms with E-state index in [2.05, 4.69) is 32.2 Å². The van der Waals surface area contributed by atoms with Gasteiger partial charge in [0.2, 0.25) is 0 Å². The average Bonchev–Trinajstić information content (AvgIpc) is 3.02. The Labute approximate surface area is 170 Å². The van der Waals surface area contributed by atoms with Gasteiger partial charge in [-0.15, -0.1) is 11.3 Å². The third-order valence-corrected chi connectivity index (χ3v) is 7.03. The Kier molecular flexibility index (Phi) is 4.72. The first-order valence-corrected chi connectivity index (χ1v) is 10.5. The third-order valence-electron chi connectivity index (χ3n) is 5.86. The number of rotatable bonds is 2. The van der Waals surface area contributed by atoms with Crippen LogP contribution in [0.15, 0.2) is 42.5 Å². The molecule has 1 aromatic heterocycles. The molecule has 0 unspecified atom stereocenters. The summed E-state index contributed by atoms with van der Waals surface area (Å²) in [6.07, 6.45) is 3.00. The number of nitrogens with one attached hydrogen (secondary N) is 1. The summed E-state index contributed by atoms with van der Waals surface area (Å²) in [4.78, 5) is 14.3. The molecule has 142 valence electrons. The highest BCUT2D eigenvalue weighted by Gasteiger charge is 2.32. The Bertz CT molecular complexity index is 1090. The normalized spacial score (nSPS) is 16.4. The summed E-state index contributed by atoms with van der Waals surface area (Å²) in [5, 5.41) is 15.4. The van der Waals surface area contributed by atoms with Crippen LogP contribution in [0.4, 0.5) is 5.00 Å². The maximum Gasteiger partial charge on any atom is 0.256 e. The minimum absolute atomic E-state index is 0.153. The molecular formula is C24H24N2OS. The standard InChI is InChI=1S/C24H24N2OS/c1-24(2,3)16-11-12-18-20(14-25)23(28-21(18)13-16)26-22(27)19-10-6-8-15-7-4-5-9-17(15)19/h4-10,16H,11-13H2,1-3H3,(H,26,27)/t16-/m0/s1. The van der Waals surface area contributed by atoms with Gasteiger partial charge in [-0.3, -0.25) is 4.79 Å². The predicted octanol–water partition coefficient (Wildman–Crippen LogP) is 6.18. The Morgan fingerprint density at radius 1 is 1.18 bits per heavy atom. The van der Waals surface area contributed by atoms with Crippen LogP contribution in [0.5, 0.6) is 0 Å². The number of carbonyl (C=O) groups excluding carboxylic acids is 1. The van der Waals surface area contributed by atoms with Gasteiger partial charge in [0, 0.05) is 10.4 Å². The summed E-state index contributed by atoms with van der Waals surface area (Å²) in [5.74, 6) is 0.450. The fourth-order valence-electron chi connectivity index (χ4n) is 4.13. The lowest BCUT2D eigenvalue weighted by Crippen LogP contribution is -2.26. The molecule has 1 aliphatic rings. The fourth-order valence-corrected chi connectivity index (χ4v) is 5.40. The van der Waals surface area contributed by atoms with E-state index in [1.54, 1.807) is 11.3 Å². The van der Waals surface area contributed by atoms with E-state index in [4.69, 9.17) is 0 Å². The van der Waals surface area contributed by atoms with Crippen molar-refractivity contribution in [2.24, 2.45) is 11.3 Å². The SMILES string of the molecule is CC(C)(C)[C@H]1CCc2c(sc(NC(=O)c3cccc4ccccc34)c2C#N)C1. The Morgan fingerprint density at radius 3 is 2.68 bits per heavy atom. The van der Waals surface area contributed by atoms with Gasteiger partial charge >= 0.3 is 0 Å². The van der Waals surface area contributed by atoms with Gasteiger partial charge in [-0.2, -0.15) is 5.26 Å². The molecule has 0 aliphatic heterocycles. The van der Waals surface area contributed by atoms with Crippen molar-refractivity contribution in [3.05, 3.63) is 64.0 Å². The summed E-state index contributed by atoms with van der Waals surface area (Å²) < 4.78 is 0. The van der Waals surface area contributed by atoms with Crippen LogP contribution in [0.2, 0.25) is 0 Å². The zero-order chi connectivity index (χ0) is 19.9. The van der Waals surface area contributed by atoms with Crippen molar-refractivity contribution in [1.29, 1.82) is 5.26 Å². The number of carbonyl (C=O) groups is 1. The third kappa shape index (κ3) is 3.31. The molecule has 0 radical (unpaired) electrons. The molecule has 3 aromatic rings. The number of nitrogens with zero attached hydrogens (tertiary/aromatic N) is 1. The smallest absolute Gasteiger partial charge is 0.256 e. The van der Waals surface area contributed by atoms with Crippen molar-refractivity contribution in [2.45, 2.75) is 40.0 Å². The topological polar surface area (TPSA) is 52.9 Å². The molecule has 28 heavy (non-hydrogen) atoms. The molecule has 1 aliphatic carbocycles. The van der Waals surface area contributed by atoms with Gasteiger partial charge in [0.1, 0.15) is 11.1 Å². The van der Waals surface area contributed by atoms with E-state index >= 15 is 0 Å². The van der Waals surface area contributed by atoms with E-state index in [1.165, 1.54) is 4.88 Å². The summed E-state index contributed by atoms with van der Waals surface area (Å²) in [6, 6.07) is 16.0. The van der Waals surface area contributed by atoms with Crippen LogP contribution in [0.25, 0.3) is 10.8 Å².